The zero-order valence-electron chi connectivity index (χ0n) is 13.5. The van der Waals surface area contributed by atoms with Crippen molar-refractivity contribution >= 4 is 52.1 Å². The van der Waals surface area contributed by atoms with E-state index in [0.29, 0.717) is 21.4 Å². The lowest BCUT2D eigenvalue weighted by molar-refractivity contribution is -0.112. The number of amides is 1. The lowest BCUT2D eigenvalue weighted by Crippen LogP contribution is -2.15. The molecule has 0 unspecified atom stereocenters. The smallest absolute Gasteiger partial charge is 0.267 e. The molecule has 0 spiro atoms. The van der Waals surface area contributed by atoms with E-state index in [4.69, 9.17) is 34.8 Å². The number of hydrogen-bond acceptors (Lipinski definition) is 3. The molecule has 0 bridgehead atoms. The van der Waals surface area contributed by atoms with Crippen LogP contribution in [0.2, 0.25) is 15.1 Å². The summed E-state index contributed by atoms with van der Waals surface area (Å²) in [6.45, 7) is 3.81. The summed E-state index contributed by atoms with van der Waals surface area (Å²) in [4.78, 5) is 12.3. The van der Waals surface area contributed by atoms with Crippen molar-refractivity contribution in [2.45, 2.75) is 13.8 Å². The molecule has 0 aliphatic rings. The maximum Gasteiger partial charge on any atom is 0.267 e. The predicted octanol–water partition coefficient (Wildman–Crippen LogP) is 5.72. The van der Waals surface area contributed by atoms with Crippen molar-refractivity contribution < 1.29 is 4.79 Å². The zero-order chi connectivity index (χ0) is 18.6. The molecule has 2 rings (SSSR count). The van der Waals surface area contributed by atoms with Gasteiger partial charge in [-0.1, -0.05) is 46.9 Å². The number of halogens is 3. The van der Waals surface area contributed by atoms with E-state index >= 15 is 0 Å². The van der Waals surface area contributed by atoms with Gasteiger partial charge in [-0.2, -0.15) is 5.26 Å². The van der Waals surface area contributed by atoms with Gasteiger partial charge in [0.2, 0.25) is 0 Å². The summed E-state index contributed by atoms with van der Waals surface area (Å²) in [5.74, 6) is -0.611. The number of hydrogen-bond donors (Lipinski definition) is 2. The van der Waals surface area contributed by atoms with Crippen LogP contribution in [-0.4, -0.2) is 5.91 Å². The Labute approximate surface area is 161 Å². The molecular weight excluding hydrogens is 381 g/mol. The minimum absolute atomic E-state index is 0.132. The second-order valence-electron chi connectivity index (χ2n) is 5.31. The van der Waals surface area contributed by atoms with Crippen LogP contribution in [0.4, 0.5) is 11.4 Å². The van der Waals surface area contributed by atoms with Gasteiger partial charge in [0.15, 0.2) is 0 Å². The third-order valence-electron chi connectivity index (χ3n) is 3.36. The summed E-state index contributed by atoms with van der Waals surface area (Å²) >= 11 is 18.1. The fourth-order valence-corrected chi connectivity index (χ4v) is 2.90. The first kappa shape index (κ1) is 19.1. The Balaban J connectivity index is 2.22. The van der Waals surface area contributed by atoms with Gasteiger partial charge in [0, 0.05) is 6.20 Å². The number of carbonyl (C=O) groups is 1. The van der Waals surface area contributed by atoms with E-state index in [1.54, 1.807) is 24.3 Å². The van der Waals surface area contributed by atoms with Crippen molar-refractivity contribution in [3.05, 3.63) is 68.3 Å². The minimum Gasteiger partial charge on any atom is -0.359 e. The highest BCUT2D eigenvalue weighted by Crippen LogP contribution is 2.30. The quantitative estimate of drug-likeness (QED) is 0.514. The lowest BCUT2D eigenvalue weighted by Gasteiger charge is -2.11. The van der Waals surface area contributed by atoms with Gasteiger partial charge in [-0.05, 0) is 43.2 Å². The van der Waals surface area contributed by atoms with Crippen LogP contribution < -0.4 is 10.6 Å². The van der Waals surface area contributed by atoms with Gasteiger partial charge in [-0.25, -0.2) is 0 Å². The van der Waals surface area contributed by atoms with Crippen molar-refractivity contribution in [3.63, 3.8) is 0 Å². The molecule has 0 atom stereocenters. The topological polar surface area (TPSA) is 64.9 Å². The number of nitrogens with zero attached hydrogens (tertiary/aromatic N) is 1. The summed E-state index contributed by atoms with van der Waals surface area (Å²) in [5, 5.41) is 15.7. The van der Waals surface area contributed by atoms with Crippen molar-refractivity contribution in [3.8, 4) is 6.07 Å². The Kier molecular flexibility index (Phi) is 6.33. The molecule has 0 aliphatic carbocycles. The minimum atomic E-state index is -0.611. The Hall–Kier alpha value is -2.19. The van der Waals surface area contributed by atoms with E-state index in [1.807, 2.05) is 26.0 Å². The largest absolute Gasteiger partial charge is 0.359 e. The monoisotopic (exact) mass is 393 g/mol. The normalized spacial score (nSPS) is 11.0. The van der Waals surface area contributed by atoms with E-state index in [-0.39, 0.29) is 10.6 Å². The van der Waals surface area contributed by atoms with Crippen LogP contribution in [0.5, 0.6) is 0 Å². The molecule has 0 aliphatic heterocycles. The second-order valence-corrected chi connectivity index (χ2v) is 6.50. The van der Waals surface area contributed by atoms with E-state index < -0.39 is 5.91 Å². The molecule has 25 heavy (non-hydrogen) atoms. The van der Waals surface area contributed by atoms with Crippen molar-refractivity contribution in [2.75, 3.05) is 10.6 Å². The van der Waals surface area contributed by atoms with Crippen molar-refractivity contribution in [1.82, 2.24) is 0 Å². The number of anilines is 2. The van der Waals surface area contributed by atoms with E-state index in [2.05, 4.69) is 10.6 Å². The highest BCUT2D eigenvalue weighted by atomic mass is 35.5. The summed E-state index contributed by atoms with van der Waals surface area (Å²) in [6.07, 6.45) is 1.30. The first-order valence-corrected chi connectivity index (χ1v) is 8.35. The maximum absolute atomic E-state index is 12.3. The van der Waals surface area contributed by atoms with Crippen LogP contribution in [0.15, 0.2) is 42.1 Å². The highest BCUT2D eigenvalue weighted by Gasteiger charge is 2.13. The predicted molar refractivity (Wildman–Crippen MR) is 103 cm³/mol. The van der Waals surface area contributed by atoms with E-state index in [1.165, 1.54) is 6.20 Å². The summed E-state index contributed by atoms with van der Waals surface area (Å²) in [6, 6.07) is 10.4. The summed E-state index contributed by atoms with van der Waals surface area (Å²) < 4.78 is 0. The van der Waals surface area contributed by atoms with Gasteiger partial charge in [0.1, 0.15) is 11.6 Å². The van der Waals surface area contributed by atoms with Crippen LogP contribution in [0, 0.1) is 25.2 Å². The number of rotatable bonds is 4. The maximum atomic E-state index is 12.3. The van der Waals surface area contributed by atoms with Crippen molar-refractivity contribution in [2.24, 2.45) is 0 Å². The molecule has 2 N–H and O–H groups in total. The van der Waals surface area contributed by atoms with Gasteiger partial charge >= 0.3 is 0 Å². The van der Waals surface area contributed by atoms with Gasteiger partial charge in [0.25, 0.3) is 5.91 Å². The number of nitrogens with one attached hydrogen (secondary N) is 2. The van der Waals surface area contributed by atoms with Crippen LogP contribution in [0.1, 0.15) is 11.1 Å². The molecule has 0 heterocycles. The molecule has 0 radical (unpaired) electrons. The van der Waals surface area contributed by atoms with E-state index in [9.17, 15) is 10.1 Å². The number of aryl methyl sites for hydroxylation is 2. The van der Waals surface area contributed by atoms with Gasteiger partial charge in [0.05, 0.1) is 26.4 Å². The van der Waals surface area contributed by atoms with Crippen LogP contribution in [-0.2, 0) is 4.79 Å². The third-order valence-corrected chi connectivity index (χ3v) is 4.47. The zero-order valence-corrected chi connectivity index (χ0v) is 15.7. The Morgan fingerprint density at radius 2 is 1.88 bits per heavy atom. The molecular formula is C18H14Cl3N3O. The second kappa shape index (κ2) is 8.26. The van der Waals surface area contributed by atoms with Crippen LogP contribution in [0.3, 0.4) is 0 Å². The first-order valence-electron chi connectivity index (χ1n) is 7.22. The molecule has 4 nitrogen and oxygen atoms in total. The third kappa shape index (κ3) is 4.67. The average Bonchev–Trinajstić information content (AvgIpc) is 2.54. The Morgan fingerprint density at radius 3 is 2.52 bits per heavy atom. The molecule has 128 valence electrons. The Bertz CT molecular complexity index is 878. The van der Waals surface area contributed by atoms with Crippen LogP contribution >= 0.6 is 34.8 Å². The molecule has 0 saturated heterocycles. The van der Waals surface area contributed by atoms with Crippen molar-refractivity contribution in [1.29, 1.82) is 5.26 Å². The molecule has 7 heteroatoms. The standard InChI is InChI=1S/C18H14Cl3N3O/c1-10-6-11(2)17(14(20)7-10)23-9-12(8-22)18(25)24-15-5-3-4-13(19)16(15)21/h3-7,9,23H,1-2H3,(H,24,25)/b12-9-. The van der Waals surface area contributed by atoms with Gasteiger partial charge in [-0.3, -0.25) is 4.79 Å². The molecule has 0 saturated carbocycles. The highest BCUT2D eigenvalue weighted by molar-refractivity contribution is 6.44. The van der Waals surface area contributed by atoms with Gasteiger partial charge < -0.3 is 10.6 Å². The molecule has 1 amide bonds. The fourth-order valence-electron chi connectivity index (χ4n) is 2.18. The number of carbonyl (C=O) groups excluding carboxylic acids is 1. The van der Waals surface area contributed by atoms with Crippen LogP contribution in [0.25, 0.3) is 0 Å². The Morgan fingerprint density at radius 1 is 1.16 bits per heavy atom. The first-order chi connectivity index (χ1) is 11.8. The van der Waals surface area contributed by atoms with E-state index in [0.717, 1.165) is 11.1 Å². The fraction of sp³-hybridized carbons (Fsp3) is 0.111. The average molecular weight is 395 g/mol. The summed E-state index contributed by atoms with van der Waals surface area (Å²) in [5.41, 5.74) is 2.74. The lowest BCUT2D eigenvalue weighted by atomic mass is 10.1. The summed E-state index contributed by atoms with van der Waals surface area (Å²) in [7, 11) is 0. The molecule has 0 fully saturated rings. The van der Waals surface area contributed by atoms with Gasteiger partial charge in [-0.15, -0.1) is 0 Å². The SMILES string of the molecule is Cc1cc(C)c(N/C=C(/C#N)C(=O)Nc2cccc(Cl)c2Cl)c(Cl)c1. The molecule has 2 aromatic carbocycles. The number of benzene rings is 2. The number of nitriles is 1. The molecule has 0 aromatic heterocycles. The molecule has 2 aromatic rings.